The number of carbonyl (C=O) groups excluding carboxylic acids is 1. The van der Waals surface area contributed by atoms with Crippen molar-refractivity contribution in [3.63, 3.8) is 0 Å². The Kier molecular flexibility index (Phi) is 5.32. The molecular formula is C19H21ClO3. The molecule has 0 fully saturated rings. The lowest BCUT2D eigenvalue weighted by molar-refractivity contribution is -0.136. The molecule has 23 heavy (non-hydrogen) atoms. The second-order valence-electron chi connectivity index (χ2n) is 6.44. The first-order chi connectivity index (χ1) is 10.8. The minimum atomic E-state index is -0.487. The summed E-state index contributed by atoms with van der Waals surface area (Å²) in [6.07, 6.45) is 0. The van der Waals surface area contributed by atoms with Crippen molar-refractivity contribution in [3.8, 4) is 11.5 Å². The summed E-state index contributed by atoms with van der Waals surface area (Å²) in [6, 6.07) is 12.8. The number of halogens is 1. The molecule has 0 spiro atoms. The number of ether oxygens (including phenoxy) is 2. The molecule has 0 bridgehead atoms. The van der Waals surface area contributed by atoms with Crippen LogP contribution in [0.5, 0.6) is 11.5 Å². The average molecular weight is 333 g/mol. The van der Waals surface area contributed by atoms with Crippen LogP contribution in [0.1, 0.15) is 31.9 Å². The van der Waals surface area contributed by atoms with Crippen LogP contribution < -0.4 is 9.47 Å². The summed E-state index contributed by atoms with van der Waals surface area (Å²) in [4.78, 5) is 12.0. The van der Waals surface area contributed by atoms with Crippen LogP contribution in [0.2, 0.25) is 5.02 Å². The van der Waals surface area contributed by atoms with Gasteiger partial charge in [-0.15, -0.1) is 0 Å². The lowest BCUT2D eigenvalue weighted by Gasteiger charge is -2.23. The molecule has 0 aromatic heterocycles. The first-order valence-electron chi connectivity index (χ1n) is 7.46. The van der Waals surface area contributed by atoms with Crippen molar-refractivity contribution in [2.24, 2.45) is 0 Å². The zero-order valence-corrected chi connectivity index (χ0v) is 14.6. The fourth-order valence-electron chi connectivity index (χ4n) is 2.17. The number of aryl methyl sites for hydroxylation is 1. The Hall–Kier alpha value is -2.00. The minimum absolute atomic E-state index is 0.0754. The van der Waals surface area contributed by atoms with Gasteiger partial charge in [-0.05, 0) is 36.1 Å². The molecule has 0 radical (unpaired) electrons. The number of rotatable bonds is 4. The Morgan fingerprint density at radius 2 is 1.78 bits per heavy atom. The normalized spacial score (nSPS) is 11.2. The molecule has 0 aliphatic heterocycles. The third-order valence-corrected chi connectivity index (χ3v) is 3.66. The van der Waals surface area contributed by atoms with E-state index in [4.69, 9.17) is 21.1 Å². The number of benzene rings is 2. The molecule has 3 nitrogen and oxygen atoms in total. The predicted molar refractivity (Wildman–Crippen MR) is 92.5 cm³/mol. The van der Waals surface area contributed by atoms with E-state index in [1.54, 1.807) is 24.3 Å². The van der Waals surface area contributed by atoms with Gasteiger partial charge in [0, 0.05) is 0 Å². The predicted octanol–water partition coefficient (Wildman–Crippen LogP) is 4.93. The van der Waals surface area contributed by atoms with Crippen LogP contribution in [-0.4, -0.2) is 12.6 Å². The molecule has 4 heteroatoms. The molecule has 0 aliphatic rings. The molecule has 2 aromatic carbocycles. The number of esters is 1. The van der Waals surface area contributed by atoms with Crippen LogP contribution in [0.3, 0.4) is 0 Å². The second kappa shape index (κ2) is 7.05. The van der Waals surface area contributed by atoms with Crippen LogP contribution in [0.15, 0.2) is 42.5 Å². The topological polar surface area (TPSA) is 35.5 Å². The number of hydrogen-bond donors (Lipinski definition) is 0. The highest BCUT2D eigenvalue weighted by Gasteiger charge is 2.20. The SMILES string of the molecule is Cc1ccc(OCC(=O)Oc2ccccc2Cl)c(C(C)(C)C)c1. The molecular weight excluding hydrogens is 312 g/mol. The van der Waals surface area contributed by atoms with Crippen molar-refractivity contribution in [2.45, 2.75) is 33.1 Å². The molecule has 0 saturated heterocycles. The smallest absolute Gasteiger partial charge is 0.349 e. The first kappa shape index (κ1) is 17.4. The highest BCUT2D eigenvalue weighted by atomic mass is 35.5. The van der Waals surface area contributed by atoms with Crippen LogP contribution in [0.25, 0.3) is 0 Å². The van der Waals surface area contributed by atoms with E-state index in [1.165, 1.54) is 0 Å². The fourth-order valence-corrected chi connectivity index (χ4v) is 2.35. The van der Waals surface area contributed by atoms with Crippen molar-refractivity contribution in [1.29, 1.82) is 0 Å². The van der Waals surface area contributed by atoms with E-state index in [0.29, 0.717) is 16.5 Å². The van der Waals surface area contributed by atoms with Crippen molar-refractivity contribution in [1.82, 2.24) is 0 Å². The molecule has 0 amide bonds. The van der Waals surface area contributed by atoms with E-state index < -0.39 is 5.97 Å². The number of para-hydroxylation sites is 1. The third-order valence-electron chi connectivity index (χ3n) is 3.35. The van der Waals surface area contributed by atoms with Gasteiger partial charge in [0.1, 0.15) is 11.5 Å². The molecule has 0 heterocycles. The van der Waals surface area contributed by atoms with Gasteiger partial charge in [-0.3, -0.25) is 0 Å². The number of carbonyl (C=O) groups is 1. The van der Waals surface area contributed by atoms with Crippen LogP contribution in [0, 0.1) is 6.92 Å². The Labute approximate surface area is 142 Å². The van der Waals surface area contributed by atoms with Gasteiger partial charge in [-0.2, -0.15) is 0 Å². The van der Waals surface area contributed by atoms with Gasteiger partial charge < -0.3 is 9.47 Å². The fraction of sp³-hybridized carbons (Fsp3) is 0.316. The van der Waals surface area contributed by atoms with Crippen molar-refractivity contribution >= 4 is 17.6 Å². The van der Waals surface area contributed by atoms with Gasteiger partial charge in [0.05, 0.1) is 5.02 Å². The summed E-state index contributed by atoms with van der Waals surface area (Å²) in [6.45, 7) is 8.19. The first-order valence-corrected chi connectivity index (χ1v) is 7.84. The summed E-state index contributed by atoms with van der Waals surface area (Å²) in [7, 11) is 0. The van der Waals surface area contributed by atoms with E-state index in [-0.39, 0.29) is 12.0 Å². The van der Waals surface area contributed by atoms with Crippen molar-refractivity contribution in [3.05, 3.63) is 58.6 Å². The summed E-state index contributed by atoms with van der Waals surface area (Å²) in [5, 5.41) is 0.395. The monoisotopic (exact) mass is 332 g/mol. The van der Waals surface area contributed by atoms with Gasteiger partial charge in [0.15, 0.2) is 6.61 Å². The van der Waals surface area contributed by atoms with Gasteiger partial charge in [0.25, 0.3) is 0 Å². The minimum Gasteiger partial charge on any atom is -0.482 e. The lowest BCUT2D eigenvalue weighted by Crippen LogP contribution is -2.20. The standard InChI is InChI=1S/C19H21ClO3/c1-13-9-10-16(14(11-13)19(2,3)4)22-12-18(21)23-17-8-6-5-7-15(17)20/h5-11H,12H2,1-4H3. The zero-order valence-electron chi connectivity index (χ0n) is 13.9. The molecule has 0 unspecified atom stereocenters. The summed E-state index contributed by atoms with van der Waals surface area (Å²) >= 11 is 5.97. The molecule has 0 atom stereocenters. The van der Waals surface area contributed by atoms with Crippen LogP contribution in [-0.2, 0) is 10.2 Å². The molecule has 0 saturated carbocycles. The Morgan fingerprint density at radius 1 is 1.09 bits per heavy atom. The van der Waals surface area contributed by atoms with Crippen LogP contribution in [0.4, 0.5) is 0 Å². The molecule has 2 rings (SSSR count). The summed E-state index contributed by atoms with van der Waals surface area (Å²) < 4.78 is 10.9. The molecule has 0 N–H and O–H groups in total. The quantitative estimate of drug-likeness (QED) is 0.588. The Morgan fingerprint density at radius 3 is 2.43 bits per heavy atom. The van der Waals surface area contributed by atoms with Crippen LogP contribution >= 0.6 is 11.6 Å². The average Bonchev–Trinajstić information content (AvgIpc) is 2.47. The maximum atomic E-state index is 12.0. The highest BCUT2D eigenvalue weighted by molar-refractivity contribution is 6.32. The molecule has 2 aromatic rings. The summed E-state index contributed by atoms with van der Waals surface area (Å²) in [5.74, 6) is 0.542. The van der Waals surface area contributed by atoms with E-state index in [1.807, 2.05) is 19.1 Å². The van der Waals surface area contributed by atoms with E-state index in [0.717, 1.165) is 11.1 Å². The molecule has 122 valence electrons. The van der Waals surface area contributed by atoms with Gasteiger partial charge >= 0.3 is 5.97 Å². The van der Waals surface area contributed by atoms with Gasteiger partial charge in [0.2, 0.25) is 0 Å². The third kappa shape index (κ3) is 4.73. The van der Waals surface area contributed by atoms with E-state index in [2.05, 4.69) is 26.8 Å². The van der Waals surface area contributed by atoms with Crippen molar-refractivity contribution in [2.75, 3.05) is 6.61 Å². The van der Waals surface area contributed by atoms with E-state index >= 15 is 0 Å². The van der Waals surface area contributed by atoms with Gasteiger partial charge in [-0.1, -0.05) is 62.2 Å². The highest BCUT2D eigenvalue weighted by Crippen LogP contribution is 2.32. The van der Waals surface area contributed by atoms with Gasteiger partial charge in [-0.25, -0.2) is 4.79 Å². The number of hydrogen-bond acceptors (Lipinski definition) is 3. The maximum Gasteiger partial charge on any atom is 0.349 e. The summed E-state index contributed by atoms with van der Waals surface area (Å²) in [5.41, 5.74) is 2.14. The Balaban J connectivity index is 2.06. The maximum absolute atomic E-state index is 12.0. The zero-order chi connectivity index (χ0) is 17.0. The van der Waals surface area contributed by atoms with E-state index in [9.17, 15) is 4.79 Å². The Bertz CT molecular complexity index is 702. The second-order valence-corrected chi connectivity index (χ2v) is 6.85. The largest absolute Gasteiger partial charge is 0.482 e. The lowest BCUT2D eigenvalue weighted by atomic mass is 9.85. The van der Waals surface area contributed by atoms with Crippen molar-refractivity contribution < 1.29 is 14.3 Å². The molecule has 0 aliphatic carbocycles.